The smallest absolute Gasteiger partial charge is 0.113 e. The van der Waals surface area contributed by atoms with Crippen LogP contribution >= 0.6 is 0 Å². The molecule has 0 fully saturated rings. The number of nitrogens with one attached hydrogen (secondary N) is 2. The van der Waals surface area contributed by atoms with Crippen LogP contribution in [-0.4, -0.2) is 26.3 Å². The summed E-state index contributed by atoms with van der Waals surface area (Å²) in [5, 5.41) is 10.9. The molecule has 1 atom stereocenters. The zero-order valence-electron chi connectivity index (χ0n) is 13.2. The van der Waals surface area contributed by atoms with E-state index >= 15 is 0 Å². The van der Waals surface area contributed by atoms with Gasteiger partial charge in [-0.05, 0) is 12.8 Å². The molecule has 5 heteroatoms. The number of aromatic nitrogens is 4. The third-order valence-corrected chi connectivity index (χ3v) is 4.24. The molecule has 3 rings (SSSR count). The number of hydrogen-bond acceptors (Lipinski definition) is 3. The topological polar surface area (TPSA) is 58.5 Å². The Hall–Kier alpha value is -1.62. The number of imidazole rings is 1. The summed E-state index contributed by atoms with van der Waals surface area (Å²) in [4.78, 5) is 4.52. The monoisotopic (exact) mass is 287 g/mol. The molecule has 0 saturated carbocycles. The second kappa shape index (κ2) is 5.64. The van der Waals surface area contributed by atoms with E-state index in [4.69, 9.17) is 0 Å². The Kier molecular flexibility index (Phi) is 3.85. The molecule has 114 valence electrons. The molecule has 21 heavy (non-hydrogen) atoms. The molecule has 0 unspecified atom stereocenters. The molecule has 0 spiro atoms. The van der Waals surface area contributed by atoms with Crippen molar-refractivity contribution in [2.45, 2.75) is 58.0 Å². The van der Waals surface area contributed by atoms with Crippen LogP contribution in [0.5, 0.6) is 0 Å². The van der Waals surface area contributed by atoms with E-state index in [1.807, 2.05) is 12.4 Å². The number of aryl methyl sites for hydroxylation is 1. The number of H-pyrrole nitrogens is 1. The van der Waals surface area contributed by atoms with Gasteiger partial charge in [0.25, 0.3) is 0 Å². The predicted molar refractivity (Wildman–Crippen MR) is 83.2 cm³/mol. The van der Waals surface area contributed by atoms with E-state index in [1.54, 1.807) is 0 Å². The van der Waals surface area contributed by atoms with Crippen molar-refractivity contribution >= 4 is 0 Å². The molecule has 1 aliphatic heterocycles. The maximum Gasteiger partial charge on any atom is 0.113 e. The van der Waals surface area contributed by atoms with Crippen molar-refractivity contribution in [2.75, 3.05) is 6.54 Å². The highest BCUT2D eigenvalue weighted by atomic mass is 15.1. The molecule has 1 aliphatic rings. The van der Waals surface area contributed by atoms with Crippen molar-refractivity contribution in [1.82, 2.24) is 25.1 Å². The van der Waals surface area contributed by atoms with Crippen LogP contribution in [-0.2, 0) is 18.5 Å². The van der Waals surface area contributed by atoms with Gasteiger partial charge in [-0.15, -0.1) is 0 Å². The maximum atomic E-state index is 4.52. The van der Waals surface area contributed by atoms with Crippen molar-refractivity contribution in [1.29, 1.82) is 0 Å². The fraction of sp³-hybridized carbons (Fsp3) is 0.625. The van der Waals surface area contributed by atoms with Crippen molar-refractivity contribution in [3.05, 3.63) is 35.7 Å². The highest BCUT2D eigenvalue weighted by molar-refractivity contribution is 5.23. The maximum absolute atomic E-state index is 4.52. The lowest BCUT2D eigenvalue weighted by atomic mass is 9.89. The Morgan fingerprint density at radius 2 is 2.29 bits per heavy atom. The first-order valence-electron chi connectivity index (χ1n) is 7.80. The molecule has 0 saturated heterocycles. The highest BCUT2D eigenvalue weighted by Gasteiger charge is 2.22. The zero-order valence-corrected chi connectivity index (χ0v) is 13.2. The number of rotatable bonds is 4. The van der Waals surface area contributed by atoms with Gasteiger partial charge in [0.2, 0.25) is 0 Å². The van der Waals surface area contributed by atoms with Gasteiger partial charge in [-0.2, -0.15) is 5.10 Å². The lowest BCUT2D eigenvalue weighted by molar-refractivity contribution is 0.422. The normalized spacial score (nSPS) is 18.7. The molecule has 0 aliphatic carbocycles. The summed E-state index contributed by atoms with van der Waals surface area (Å²) in [6.45, 7) is 9.58. The molecule has 0 amide bonds. The van der Waals surface area contributed by atoms with Gasteiger partial charge in [0.05, 0.1) is 6.20 Å². The summed E-state index contributed by atoms with van der Waals surface area (Å²) in [7, 11) is 0. The van der Waals surface area contributed by atoms with Gasteiger partial charge in [-0.3, -0.25) is 5.10 Å². The number of fused-ring (bicyclic) bond motifs is 1. The number of hydrogen-bond donors (Lipinski definition) is 2. The Bertz CT molecular complexity index is 590. The lowest BCUT2D eigenvalue weighted by Crippen LogP contribution is -2.27. The SMILES string of the molecule is CC(C)(C)c1[nH]ncc1CNC[C@@H]1CCCn2ccnc21. The summed E-state index contributed by atoms with van der Waals surface area (Å²) < 4.78 is 2.29. The second-order valence-electron chi connectivity index (χ2n) is 6.97. The van der Waals surface area contributed by atoms with E-state index < -0.39 is 0 Å². The average molecular weight is 287 g/mol. The van der Waals surface area contributed by atoms with Crippen LogP contribution in [0.15, 0.2) is 18.6 Å². The first-order chi connectivity index (χ1) is 10.1. The number of nitrogens with zero attached hydrogens (tertiary/aromatic N) is 3. The van der Waals surface area contributed by atoms with Gasteiger partial charge in [0.15, 0.2) is 0 Å². The minimum atomic E-state index is 0.106. The summed E-state index contributed by atoms with van der Waals surface area (Å²) >= 11 is 0. The fourth-order valence-electron chi connectivity index (χ4n) is 3.18. The van der Waals surface area contributed by atoms with Gasteiger partial charge in [-0.25, -0.2) is 4.98 Å². The van der Waals surface area contributed by atoms with Crippen molar-refractivity contribution in [3.63, 3.8) is 0 Å². The van der Waals surface area contributed by atoms with E-state index in [1.165, 1.54) is 29.9 Å². The van der Waals surface area contributed by atoms with Crippen LogP contribution in [0.25, 0.3) is 0 Å². The van der Waals surface area contributed by atoms with Crippen LogP contribution in [0, 0.1) is 0 Å². The van der Waals surface area contributed by atoms with E-state index in [9.17, 15) is 0 Å². The first kappa shape index (κ1) is 14.3. The summed E-state index contributed by atoms with van der Waals surface area (Å²) in [6, 6.07) is 0. The van der Waals surface area contributed by atoms with Gasteiger partial charge in [0, 0.05) is 54.6 Å². The van der Waals surface area contributed by atoms with E-state index in [0.717, 1.165) is 19.6 Å². The Balaban J connectivity index is 1.60. The molecule has 3 heterocycles. The summed E-state index contributed by atoms with van der Waals surface area (Å²) in [5.74, 6) is 1.76. The molecule has 2 aromatic heterocycles. The molecule has 2 N–H and O–H groups in total. The standard InChI is InChI=1S/C16H25N5/c1-16(2,3)14-13(11-19-20-14)10-17-9-12-5-4-7-21-8-6-18-15(12)21/h6,8,11-12,17H,4-5,7,9-10H2,1-3H3,(H,19,20)/t12-/m0/s1. The third kappa shape index (κ3) is 3.02. The van der Waals surface area contributed by atoms with E-state index in [-0.39, 0.29) is 5.41 Å². The average Bonchev–Trinajstić information content (AvgIpc) is 3.06. The minimum Gasteiger partial charge on any atom is -0.335 e. The van der Waals surface area contributed by atoms with Gasteiger partial charge in [-0.1, -0.05) is 20.8 Å². The molecular weight excluding hydrogens is 262 g/mol. The Labute approximate surface area is 126 Å². The molecule has 5 nitrogen and oxygen atoms in total. The molecular formula is C16H25N5. The minimum absolute atomic E-state index is 0.106. The van der Waals surface area contributed by atoms with Crippen LogP contribution in [0.2, 0.25) is 0 Å². The van der Waals surface area contributed by atoms with Crippen LogP contribution < -0.4 is 5.32 Å². The summed E-state index contributed by atoms with van der Waals surface area (Å²) in [6.07, 6.45) is 8.42. The molecule has 0 aromatic carbocycles. The Morgan fingerprint density at radius 1 is 1.43 bits per heavy atom. The van der Waals surface area contributed by atoms with Gasteiger partial charge in [0.1, 0.15) is 5.82 Å². The largest absolute Gasteiger partial charge is 0.335 e. The zero-order chi connectivity index (χ0) is 14.9. The van der Waals surface area contributed by atoms with E-state index in [0.29, 0.717) is 5.92 Å². The quantitative estimate of drug-likeness (QED) is 0.908. The van der Waals surface area contributed by atoms with Crippen molar-refractivity contribution < 1.29 is 0 Å². The van der Waals surface area contributed by atoms with E-state index in [2.05, 4.69) is 52.0 Å². The molecule has 0 radical (unpaired) electrons. The summed E-state index contributed by atoms with van der Waals surface area (Å²) in [5.41, 5.74) is 2.59. The second-order valence-corrected chi connectivity index (χ2v) is 6.97. The van der Waals surface area contributed by atoms with Gasteiger partial charge < -0.3 is 9.88 Å². The lowest BCUT2D eigenvalue weighted by Gasteiger charge is -2.24. The van der Waals surface area contributed by atoms with Crippen molar-refractivity contribution in [2.24, 2.45) is 0 Å². The van der Waals surface area contributed by atoms with Crippen LogP contribution in [0.4, 0.5) is 0 Å². The third-order valence-electron chi connectivity index (χ3n) is 4.24. The van der Waals surface area contributed by atoms with Crippen molar-refractivity contribution in [3.8, 4) is 0 Å². The fourth-order valence-corrected chi connectivity index (χ4v) is 3.18. The molecule has 2 aromatic rings. The van der Waals surface area contributed by atoms with Crippen LogP contribution in [0.3, 0.4) is 0 Å². The predicted octanol–water partition coefficient (Wildman–Crippen LogP) is 2.57. The molecule has 0 bridgehead atoms. The first-order valence-corrected chi connectivity index (χ1v) is 7.80. The highest BCUT2D eigenvalue weighted by Crippen LogP contribution is 2.26. The van der Waals surface area contributed by atoms with Gasteiger partial charge >= 0.3 is 0 Å². The van der Waals surface area contributed by atoms with Crippen LogP contribution in [0.1, 0.15) is 56.6 Å². The number of aromatic amines is 1. The Morgan fingerprint density at radius 3 is 3.10 bits per heavy atom.